The Labute approximate surface area is 124 Å². The summed E-state index contributed by atoms with van der Waals surface area (Å²) in [5, 5.41) is 7.62. The highest BCUT2D eigenvalue weighted by atomic mass is 79.9. The van der Waals surface area contributed by atoms with Crippen molar-refractivity contribution in [2.45, 2.75) is 11.4 Å². The molecule has 0 fully saturated rings. The molecule has 1 N–H and O–H groups in total. The summed E-state index contributed by atoms with van der Waals surface area (Å²) in [6.07, 6.45) is 1.50. The molecular weight excluding hydrogens is 356 g/mol. The third-order valence-electron chi connectivity index (χ3n) is 2.41. The predicted octanol–water partition coefficient (Wildman–Crippen LogP) is 1.71. The van der Waals surface area contributed by atoms with E-state index in [1.807, 2.05) is 0 Å². The van der Waals surface area contributed by atoms with Gasteiger partial charge in [0.25, 0.3) is 0 Å². The van der Waals surface area contributed by atoms with Crippen LogP contribution in [0.2, 0.25) is 5.02 Å². The average Bonchev–Trinajstić information content (AvgIpc) is 2.72. The third kappa shape index (κ3) is 3.33. The van der Waals surface area contributed by atoms with Gasteiger partial charge in [0.15, 0.2) is 0 Å². The zero-order valence-corrected chi connectivity index (χ0v) is 13.0. The summed E-state index contributed by atoms with van der Waals surface area (Å²) in [5.41, 5.74) is 0. The zero-order valence-electron chi connectivity index (χ0n) is 9.84. The molecule has 0 aliphatic heterocycles. The van der Waals surface area contributed by atoms with Crippen LogP contribution in [0.25, 0.3) is 0 Å². The van der Waals surface area contributed by atoms with Gasteiger partial charge in [0, 0.05) is 11.5 Å². The molecule has 0 radical (unpaired) electrons. The van der Waals surface area contributed by atoms with Crippen molar-refractivity contribution in [2.24, 2.45) is 7.05 Å². The highest BCUT2D eigenvalue weighted by Crippen LogP contribution is 2.25. The fraction of sp³-hybridized carbons (Fsp3) is 0.200. The molecule has 0 saturated carbocycles. The minimum Gasteiger partial charge on any atom is -0.320 e. The maximum Gasteiger partial charge on any atom is 0.242 e. The van der Waals surface area contributed by atoms with E-state index in [0.717, 1.165) is 0 Å². The first-order chi connectivity index (χ1) is 8.90. The smallest absolute Gasteiger partial charge is 0.242 e. The molecule has 1 aromatic carbocycles. The molecule has 0 unspecified atom stereocenters. The highest BCUT2D eigenvalue weighted by Gasteiger charge is 2.18. The monoisotopic (exact) mass is 364 g/mol. The van der Waals surface area contributed by atoms with E-state index >= 15 is 0 Å². The number of nitrogens with zero attached hydrogens (tertiary/aromatic N) is 3. The Kier molecular flexibility index (Phi) is 4.24. The molecule has 0 aliphatic carbocycles. The number of aryl methyl sites for hydroxylation is 1. The molecule has 9 heteroatoms. The Hall–Kier alpha value is -0.960. The number of hydrogen-bond acceptors (Lipinski definition) is 4. The second kappa shape index (κ2) is 5.58. The molecular formula is C10H10BrClN4O2S. The molecule has 2 rings (SSSR count). The fourth-order valence-corrected chi connectivity index (χ4v) is 3.41. The molecule has 0 saturated heterocycles. The first-order valence-electron chi connectivity index (χ1n) is 5.18. The van der Waals surface area contributed by atoms with Gasteiger partial charge in [-0.2, -0.15) is 0 Å². The molecule has 6 nitrogen and oxygen atoms in total. The first-order valence-corrected chi connectivity index (χ1v) is 7.83. The molecule has 2 aromatic rings. The highest BCUT2D eigenvalue weighted by molar-refractivity contribution is 9.10. The van der Waals surface area contributed by atoms with Gasteiger partial charge in [-0.25, -0.2) is 13.1 Å². The Morgan fingerprint density at radius 1 is 1.47 bits per heavy atom. The van der Waals surface area contributed by atoms with E-state index in [1.165, 1.54) is 18.5 Å². The van der Waals surface area contributed by atoms with Gasteiger partial charge in [0.2, 0.25) is 10.0 Å². The lowest BCUT2D eigenvalue weighted by Gasteiger charge is -2.08. The van der Waals surface area contributed by atoms with E-state index in [0.29, 0.717) is 10.3 Å². The summed E-state index contributed by atoms with van der Waals surface area (Å²) in [5.74, 6) is 0.511. The lowest BCUT2D eigenvalue weighted by atomic mass is 10.4. The van der Waals surface area contributed by atoms with Gasteiger partial charge >= 0.3 is 0 Å². The van der Waals surface area contributed by atoms with Crippen LogP contribution in [0.1, 0.15) is 5.82 Å². The van der Waals surface area contributed by atoms with E-state index in [9.17, 15) is 8.42 Å². The number of aromatic nitrogens is 3. The minimum absolute atomic E-state index is 0.0273. The second-order valence-electron chi connectivity index (χ2n) is 3.76. The van der Waals surface area contributed by atoms with Gasteiger partial charge in [0.1, 0.15) is 17.0 Å². The Morgan fingerprint density at radius 3 is 2.79 bits per heavy atom. The van der Waals surface area contributed by atoms with Gasteiger partial charge in [0.05, 0.1) is 11.6 Å². The van der Waals surface area contributed by atoms with Crippen molar-refractivity contribution in [2.75, 3.05) is 0 Å². The molecule has 0 atom stereocenters. The van der Waals surface area contributed by atoms with Crippen LogP contribution < -0.4 is 4.72 Å². The summed E-state index contributed by atoms with van der Waals surface area (Å²) < 4.78 is 29.0. The molecule has 0 bridgehead atoms. The molecule has 1 heterocycles. The van der Waals surface area contributed by atoms with Crippen LogP contribution in [0.3, 0.4) is 0 Å². The van der Waals surface area contributed by atoms with Crippen LogP contribution in [0.5, 0.6) is 0 Å². The SMILES string of the molecule is Cn1cnnc1CNS(=O)(=O)c1ccc(Br)cc1Cl. The number of benzene rings is 1. The van der Waals surface area contributed by atoms with E-state index in [-0.39, 0.29) is 16.5 Å². The van der Waals surface area contributed by atoms with E-state index < -0.39 is 10.0 Å². The summed E-state index contributed by atoms with van der Waals surface area (Å²) >= 11 is 9.15. The van der Waals surface area contributed by atoms with Gasteiger partial charge in [-0.3, -0.25) is 0 Å². The van der Waals surface area contributed by atoms with E-state index in [1.54, 1.807) is 17.7 Å². The van der Waals surface area contributed by atoms with Crippen molar-refractivity contribution in [3.8, 4) is 0 Å². The summed E-state index contributed by atoms with van der Waals surface area (Å²) in [6.45, 7) is 0.0469. The predicted molar refractivity (Wildman–Crippen MR) is 74.2 cm³/mol. The number of hydrogen-bond donors (Lipinski definition) is 1. The topological polar surface area (TPSA) is 76.9 Å². The lowest BCUT2D eigenvalue weighted by molar-refractivity contribution is 0.577. The summed E-state index contributed by atoms with van der Waals surface area (Å²) in [4.78, 5) is 0.0273. The molecule has 0 spiro atoms. The van der Waals surface area contributed by atoms with Crippen molar-refractivity contribution in [3.63, 3.8) is 0 Å². The van der Waals surface area contributed by atoms with Crippen LogP contribution in [-0.2, 0) is 23.6 Å². The maximum atomic E-state index is 12.1. The lowest BCUT2D eigenvalue weighted by Crippen LogP contribution is -2.25. The fourth-order valence-electron chi connectivity index (χ4n) is 1.40. The van der Waals surface area contributed by atoms with Crippen molar-refractivity contribution in [1.29, 1.82) is 0 Å². The number of halogens is 2. The minimum atomic E-state index is -3.68. The summed E-state index contributed by atoms with van der Waals surface area (Å²) in [6, 6.07) is 4.58. The van der Waals surface area contributed by atoms with Gasteiger partial charge in [-0.05, 0) is 18.2 Å². The van der Waals surface area contributed by atoms with Gasteiger partial charge in [-0.1, -0.05) is 27.5 Å². The largest absolute Gasteiger partial charge is 0.320 e. The molecule has 19 heavy (non-hydrogen) atoms. The molecule has 102 valence electrons. The standard InChI is InChI=1S/C10H10BrClN4O2S/c1-16-6-13-15-10(16)5-14-19(17,18)9-3-2-7(11)4-8(9)12/h2-4,6,14H,5H2,1H3. The second-order valence-corrected chi connectivity index (χ2v) is 6.82. The maximum absolute atomic E-state index is 12.1. The van der Waals surface area contributed by atoms with Crippen LogP contribution in [-0.4, -0.2) is 23.2 Å². The number of sulfonamides is 1. The first kappa shape index (κ1) is 14.4. The molecule has 0 aliphatic rings. The van der Waals surface area contributed by atoms with Crippen molar-refractivity contribution in [1.82, 2.24) is 19.5 Å². The Balaban J connectivity index is 2.21. The van der Waals surface area contributed by atoms with Crippen LogP contribution in [0.4, 0.5) is 0 Å². The molecule has 1 aromatic heterocycles. The van der Waals surface area contributed by atoms with Crippen LogP contribution in [0, 0.1) is 0 Å². The van der Waals surface area contributed by atoms with Gasteiger partial charge in [-0.15, -0.1) is 10.2 Å². The van der Waals surface area contributed by atoms with Crippen LogP contribution >= 0.6 is 27.5 Å². The zero-order chi connectivity index (χ0) is 14.0. The molecule has 0 amide bonds. The number of rotatable bonds is 4. The Bertz CT molecular complexity index is 701. The van der Waals surface area contributed by atoms with E-state index in [4.69, 9.17) is 11.6 Å². The average molecular weight is 366 g/mol. The van der Waals surface area contributed by atoms with Crippen molar-refractivity contribution < 1.29 is 8.42 Å². The van der Waals surface area contributed by atoms with E-state index in [2.05, 4.69) is 30.8 Å². The Morgan fingerprint density at radius 2 is 2.21 bits per heavy atom. The van der Waals surface area contributed by atoms with Gasteiger partial charge < -0.3 is 4.57 Å². The van der Waals surface area contributed by atoms with Crippen molar-refractivity contribution in [3.05, 3.63) is 39.8 Å². The quantitative estimate of drug-likeness (QED) is 0.895. The number of nitrogens with one attached hydrogen (secondary N) is 1. The van der Waals surface area contributed by atoms with Crippen LogP contribution in [0.15, 0.2) is 33.9 Å². The summed E-state index contributed by atoms with van der Waals surface area (Å²) in [7, 11) is -1.95. The third-order valence-corrected chi connectivity index (χ3v) is 4.79. The van der Waals surface area contributed by atoms with Crippen molar-refractivity contribution >= 4 is 37.6 Å². The normalized spacial score (nSPS) is 11.7.